The van der Waals surface area contributed by atoms with E-state index >= 15 is 0 Å². The van der Waals surface area contributed by atoms with Gasteiger partial charge >= 0.3 is 0 Å². The fourth-order valence-electron chi connectivity index (χ4n) is 2.08. The highest BCUT2D eigenvalue weighted by Gasteiger charge is 2.23. The van der Waals surface area contributed by atoms with E-state index < -0.39 is 0 Å². The summed E-state index contributed by atoms with van der Waals surface area (Å²) in [5.74, 6) is 0.539. The Labute approximate surface area is 93.7 Å². The van der Waals surface area contributed by atoms with Crippen molar-refractivity contribution in [1.82, 2.24) is 9.78 Å². The SMILES string of the molecule is CCc1nn(C(C)(C)C)c(C(C)C)c1C. The fourth-order valence-corrected chi connectivity index (χ4v) is 2.08. The van der Waals surface area contributed by atoms with Crippen LogP contribution < -0.4 is 0 Å². The zero-order valence-corrected chi connectivity index (χ0v) is 11.2. The van der Waals surface area contributed by atoms with E-state index in [0.717, 1.165) is 6.42 Å². The summed E-state index contributed by atoms with van der Waals surface area (Å²) in [6, 6.07) is 0. The number of aryl methyl sites for hydroxylation is 1. The van der Waals surface area contributed by atoms with E-state index in [4.69, 9.17) is 5.10 Å². The van der Waals surface area contributed by atoms with Crippen LogP contribution in [0.3, 0.4) is 0 Å². The Balaban J connectivity index is 3.38. The summed E-state index contributed by atoms with van der Waals surface area (Å²) in [6.45, 7) is 15.5. The van der Waals surface area contributed by atoms with Gasteiger partial charge in [0.2, 0.25) is 0 Å². The minimum absolute atomic E-state index is 0.0811. The van der Waals surface area contributed by atoms with E-state index in [1.54, 1.807) is 0 Å². The third kappa shape index (κ3) is 2.24. The van der Waals surface area contributed by atoms with E-state index in [-0.39, 0.29) is 5.54 Å². The molecule has 0 amide bonds. The van der Waals surface area contributed by atoms with Crippen molar-refractivity contribution in [2.75, 3.05) is 0 Å². The average molecular weight is 208 g/mol. The largest absolute Gasteiger partial charge is 0.264 e. The average Bonchev–Trinajstić information content (AvgIpc) is 2.41. The molecular formula is C13H24N2. The summed E-state index contributed by atoms with van der Waals surface area (Å²) in [5.41, 5.74) is 4.09. The summed E-state index contributed by atoms with van der Waals surface area (Å²) in [4.78, 5) is 0. The van der Waals surface area contributed by atoms with Gasteiger partial charge in [-0.25, -0.2) is 0 Å². The van der Waals surface area contributed by atoms with Crippen molar-refractivity contribution >= 4 is 0 Å². The molecule has 1 rings (SSSR count). The fraction of sp³-hybridized carbons (Fsp3) is 0.769. The summed E-state index contributed by atoms with van der Waals surface area (Å²) >= 11 is 0. The van der Waals surface area contributed by atoms with Crippen molar-refractivity contribution in [1.29, 1.82) is 0 Å². The Morgan fingerprint density at radius 3 is 2.07 bits per heavy atom. The molecule has 0 aliphatic heterocycles. The third-order valence-electron chi connectivity index (χ3n) is 2.78. The molecule has 0 aliphatic rings. The van der Waals surface area contributed by atoms with Gasteiger partial charge in [-0.2, -0.15) is 5.10 Å². The Morgan fingerprint density at radius 1 is 1.27 bits per heavy atom. The van der Waals surface area contributed by atoms with Crippen LogP contribution in [0.5, 0.6) is 0 Å². The molecule has 0 atom stereocenters. The predicted molar refractivity (Wildman–Crippen MR) is 65.4 cm³/mol. The monoisotopic (exact) mass is 208 g/mol. The lowest BCUT2D eigenvalue weighted by molar-refractivity contribution is 0.337. The summed E-state index contributed by atoms with van der Waals surface area (Å²) in [6.07, 6.45) is 1.02. The second kappa shape index (κ2) is 3.99. The maximum absolute atomic E-state index is 4.74. The topological polar surface area (TPSA) is 17.8 Å². The molecule has 1 aromatic heterocycles. The van der Waals surface area contributed by atoms with Gasteiger partial charge in [0.05, 0.1) is 11.2 Å². The molecule has 86 valence electrons. The first-order valence-electron chi connectivity index (χ1n) is 5.87. The first kappa shape index (κ1) is 12.3. The van der Waals surface area contributed by atoms with Gasteiger partial charge in [-0.15, -0.1) is 0 Å². The van der Waals surface area contributed by atoms with Crippen LogP contribution in [-0.2, 0) is 12.0 Å². The predicted octanol–water partition coefficient (Wildman–Crippen LogP) is 3.63. The third-order valence-corrected chi connectivity index (χ3v) is 2.78. The summed E-state index contributed by atoms with van der Waals surface area (Å²) in [5, 5.41) is 4.74. The molecule has 0 unspecified atom stereocenters. The van der Waals surface area contributed by atoms with Crippen molar-refractivity contribution in [3.63, 3.8) is 0 Å². The van der Waals surface area contributed by atoms with Crippen molar-refractivity contribution in [3.8, 4) is 0 Å². The van der Waals surface area contributed by atoms with E-state index in [9.17, 15) is 0 Å². The van der Waals surface area contributed by atoms with Crippen molar-refractivity contribution in [2.24, 2.45) is 0 Å². The normalized spacial score (nSPS) is 12.5. The Morgan fingerprint density at radius 2 is 1.80 bits per heavy atom. The molecule has 0 spiro atoms. The quantitative estimate of drug-likeness (QED) is 0.725. The van der Waals surface area contributed by atoms with Crippen LogP contribution in [-0.4, -0.2) is 9.78 Å². The maximum atomic E-state index is 4.74. The standard InChI is InChI=1S/C13H24N2/c1-8-11-10(4)12(9(2)3)15(14-11)13(5,6)7/h9H,8H2,1-7H3. The van der Waals surface area contributed by atoms with Gasteiger partial charge in [-0.05, 0) is 45.6 Å². The van der Waals surface area contributed by atoms with Crippen LogP contribution in [0.25, 0.3) is 0 Å². The van der Waals surface area contributed by atoms with Crippen LogP contribution in [0, 0.1) is 6.92 Å². The lowest BCUT2D eigenvalue weighted by atomic mass is 10.0. The molecule has 2 nitrogen and oxygen atoms in total. The number of aromatic nitrogens is 2. The minimum atomic E-state index is 0.0811. The van der Waals surface area contributed by atoms with Gasteiger partial charge in [-0.1, -0.05) is 20.8 Å². The number of hydrogen-bond donors (Lipinski definition) is 0. The van der Waals surface area contributed by atoms with Crippen LogP contribution in [0.2, 0.25) is 0 Å². The molecule has 1 aromatic rings. The van der Waals surface area contributed by atoms with E-state index in [1.807, 2.05) is 0 Å². The first-order chi connectivity index (χ1) is 6.79. The molecule has 0 radical (unpaired) electrons. The van der Waals surface area contributed by atoms with Gasteiger partial charge < -0.3 is 0 Å². The highest BCUT2D eigenvalue weighted by molar-refractivity contribution is 5.28. The molecule has 0 aliphatic carbocycles. The minimum Gasteiger partial charge on any atom is -0.264 e. The van der Waals surface area contributed by atoms with E-state index in [2.05, 4.69) is 53.1 Å². The van der Waals surface area contributed by atoms with Crippen molar-refractivity contribution < 1.29 is 0 Å². The van der Waals surface area contributed by atoms with Gasteiger partial charge in [0, 0.05) is 5.69 Å². The number of nitrogens with zero attached hydrogens (tertiary/aromatic N) is 2. The van der Waals surface area contributed by atoms with Crippen LogP contribution in [0.15, 0.2) is 0 Å². The molecule has 0 aromatic carbocycles. The molecule has 15 heavy (non-hydrogen) atoms. The van der Waals surface area contributed by atoms with Crippen LogP contribution in [0.4, 0.5) is 0 Å². The lowest BCUT2D eigenvalue weighted by Crippen LogP contribution is -2.26. The van der Waals surface area contributed by atoms with Gasteiger partial charge in [-0.3, -0.25) is 4.68 Å². The van der Waals surface area contributed by atoms with E-state index in [1.165, 1.54) is 17.0 Å². The second-order valence-electron chi connectivity index (χ2n) is 5.55. The van der Waals surface area contributed by atoms with Crippen molar-refractivity contribution in [3.05, 3.63) is 17.0 Å². The molecule has 0 bridgehead atoms. The zero-order chi connectivity index (χ0) is 11.8. The summed E-state index contributed by atoms with van der Waals surface area (Å²) < 4.78 is 2.20. The molecule has 0 saturated heterocycles. The first-order valence-corrected chi connectivity index (χ1v) is 5.87. The highest BCUT2D eigenvalue weighted by Crippen LogP contribution is 2.27. The Bertz CT molecular complexity index is 340. The molecule has 0 saturated carbocycles. The molecule has 0 N–H and O–H groups in total. The molecule has 2 heteroatoms. The number of hydrogen-bond acceptors (Lipinski definition) is 1. The smallest absolute Gasteiger partial charge is 0.0654 e. The zero-order valence-electron chi connectivity index (χ0n) is 11.2. The Hall–Kier alpha value is -0.790. The van der Waals surface area contributed by atoms with E-state index in [0.29, 0.717) is 5.92 Å². The van der Waals surface area contributed by atoms with Crippen molar-refractivity contribution in [2.45, 2.75) is 66.3 Å². The second-order valence-corrected chi connectivity index (χ2v) is 5.55. The molecule has 0 fully saturated rings. The molecular weight excluding hydrogens is 184 g/mol. The van der Waals surface area contributed by atoms with Gasteiger partial charge in [0.25, 0.3) is 0 Å². The Kier molecular flexibility index (Phi) is 3.27. The van der Waals surface area contributed by atoms with Gasteiger partial charge in [0.1, 0.15) is 0 Å². The lowest BCUT2D eigenvalue weighted by Gasteiger charge is -2.24. The van der Waals surface area contributed by atoms with Crippen LogP contribution >= 0.6 is 0 Å². The highest BCUT2D eigenvalue weighted by atomic mass is 15.3. The van der Waals surface area contributed by atoms with Crippen LogP contribution in [0.1, 0.15) is 64.4 Å². The maximum Gasteiger partial charge on any atom is 0.0654 e. The number of rotatable bonds is 2. The van der Waals surface area contributed by atoms with Gasteiger partial charge in [0.15, 0.2) is 0 Å². The molecule has 1 heterocycles. The summed E-state index contributed by atoms with van der Waals surface area (Å²) in [7, 11) is 0.